The number of hydrogen-bond donors (Lipinski definition) is 2. The summed E-state index contributed by atoms with van der Waals surface area (Å²) in [5, 5.41) is 9.34. The first-order chi connectivity index (χ1) is 10.7. The average molecular weight is 306 g/mol. The summed E-state index contributed by atoms with van der Waals surface area (Å²) in [6.07, 6.45) is 0. The van der Waals surface area contributed by atoms with Crippen molar-refractivity contribution in [3.8, 4) is 5.75 Å². The Hall–Kier alpha value is -1.79. The number of piperazine rings is 1. The Morgan fingerprint density at radius 2 is 1.73 bits per heavy atom. The molecule has 1 aromatic carbocycles. The summed E-state index contributed by atoms with van der Waals surface area (Å²) in [6.45, 7) is 7.19. The number of anilines is 1. The number of aromatic hydroxyl groups is 1. The maximum atomic E-state index is 12.4. The smallest absolute Gasteiger partial charge is 0.277 e. The first-order valence-electron chi connectivity index (χ1n) is 7.95. The fourth-order valence-corrected chi connectivity index (χ4v) is 3.04. The third-order valence-electron chi connectivity index (χ3n) is 4.45. The van der Waals surface area contributed by atoms with Crippen LogP contribution >= 0.6 is 0 Å². The van der Waals surface area contributed by atoms with Gasteiger partial charge >= 0.3 is 0 Å². The Morgan fingerprint density at radius 3 is 2.36 bits per heavy atom. The van der Waals surface area contributed by atoms with E-state index in [1.807, 2.05) is 17.0 Å². The number of hydrogen-bond acceptors (Lipinski definition) is 4. The van der Waals surface area contributed by atoms with E-state index in [0.29, 0.717) is 6.54 Å². The Kier molecular flexibility index (Phi) is 4.80. The van der Waals surface area contributed by atoms with Gasteiger partial charge in [0.1, 0.15) is 18.8 Å². The monoisotopic (exact) mass is 306 g/mol. The molecular formula is C16H24N3O3+. The summed E-state index contributed by atoms with van der Waals surface area (Å²) in [5.41, 5.74) is 1.10. The Morgan fingerprint density at radius 1 is 1.09 bits per heavy atom. The number of rotatable bonds is 3. The Bertz CT molecular complexity index is 492. The summed E-state index contributed by atoms with van der Waals surface area (Å²) < 4.78 is 5.33. The fourth-order valence-electron chi connectivity index (χ4n) is 3.04. The second kappa shape index (κ2) is 6.98. The fraction of sp³-hybridized carbons (Fsp3) is 0.562. The maximum Gasteiger partial charge on any atom is 0.277 e. The number of phenolic OH excluding ortho intramolecular Hbond substituents is 1. The van der Waals surface area contributed by atoms with Crippen LogP contribution in [0.4, 0.5) is 5.69 Å². The van der Waals surface area contributed by atoms with Crippen molar-refractivity contribution in [2.75, 3.05) is 63.9 Å². The van der Waals surface area contributed by atoms with E-state index in [0.717, 1.165) is 58.2 Å². The molecule has 6 heteroatoms. The molecule has 0 spiro atoms. The molecule has 0 atom stereocenters. The van der Waals surface area contributed by atoms with Crippen LogP contribution in [0.3, 0.4) is 0 Å². The van der Waals surface area contributed by atoms with Crippen LogP contribution < -0.4 is 9.80 Å². The second-order valence-corrected chi connectivity index (χ2v) is 5.92. The van der Waals surface area contributed by atoms with Crippen molar-refractivity contribution in [1.82, 2.24) is 4.90 Å². The second-order valence-electron chi connectivity index (χ2n) is 5.92. The van der Waals surface area contributed by atoms with E-state index in [-0.39, 0.29) is 11.7 Å². The number of carbonyl (C=O) groups is 1. The van der Waals surface area contributed by atoms with Gasteiger partial charge in [-0.15, -0.1) is 0 Å². The van der Waals surface area contributed by atoms with Crippen LogP contribution in [-0.4, -0.2) is 74.9 Å². The normalized spacial score (nSPS) is 20.2. The number of benzene rings is 1. The van der Waals surface area contributed by atoms with Gasteiger partial charge < -0.3 is 24.5 Å². The molecule has 2 aliphatic heterocycles. The number of morpholine rings is 1. The first kappa shape index (κ1) is 15.1. The molecule has 0 unspecified atom stereocenters. The summed E-state index contributed by atoms with van der Waals surface area (Å²) in [4.78, 5) is 17.9. The number of carbonyl (C=O) groups excluding carboxylic acids is 1. The maximum absolute atomic E-state index is 12.4. The molecule has 0 aromatic heterocycles. The van der Waals surface area contributed by atoms with Crippen LogP contribution in [0.5, 0.6) is 5.75 Å². The average Bonchev–Trinajstić information content (AvgIpc) is 2.57. The van der Waals surface area contributed by atoms with Crippen molar-refractivity contribution in [3.05, 3.63) is 24.3 Å². The van der Waals surface area contributed by atoms with E-state index in [2.05, 4.69) is 4.90 Å². The van der Waals surface area contributed by atoms with Crippen molar-refractivity contribution in [2.45, 2.75) is 0 Å². The molecule has 2 heterocycles. The molecule has 0 saturated carbocycles. The number of nitrogens with one attached hydrogen (secondary N) is 1. The van der Waals surface area contributed by atoms with Crippen molar-refractivity contribution < 1.29 is 19.5 Å². The van der Waals surface area contributed by atoms with Gasteiger partial charge in [0.25, 0.3) is 5.91 Å². The highest BCUT2D eigenvalue weighted by molar-refractivity contribution is 5.77. The molecule has 2 aliphatic rings. The molecule has 22 heavy (non-hydrogen) atoms. The van der Waals surface area contributed by atoms with E-state index in [4.69, 9.17) is 4.74 Å². The lowest BCUT2D eigenvalue weighted by Crippen LogP contribution is -3.15. The minimum absolute atomic E-state index is 0.252. The molecule has 120 valence electrons. The number of quaternary nitrogens is 1. The van der Waals surface area contributed by atoms with Gasteiger partial charge in [0.05, 0.1) is 13.2 Å². The van der Waals surface area contributed by atoms with Gasteiger partial charge in [0.2, 0.25) is 0 Å². The standard InChI is InChI=1S/C16H23N3O3/c20-15-3-1-14(2-4-15)18-5-7-19(8-6-18)16(21)13-17-9-11-22-12-10-17/h1-4,20H,5-13H2/p+1. The van der Waals surface area contributed by atoms with Gasteiger partial charge in [-0.25, -0.2) is 0 Å². The molecule has 2 fully saturated rings. The highest BCUT2D eigenvalue weighted by Gasteiger charge is 2.25. The van der Waals surface area contributed by atoms with Crippen molar-refractivity contribution in [1.29, 1.82) is 0 Å². The highest BCUT2D eigenvalue weighted by atomic mass is 16.5. The number of nitrogens with zero attached hydrogens (tertiary/aromatic N) is 2. The van der Waals surface area contributed by atoms with Crippen molar-refractivity contribution in [2.24, 2.45) is 0 Å². The van der Waals surface area contributed by atoms with Crippen molar-refractivity contribution >= 4 is 11.6 Å². The molecule has 2 saturated heterocycles. The predicted molar refractivity (Wildman–Crippen MR) is 83.3 cm³/mol. The Balaban J connectivity index is 1.48. The SMILES string of the molecule is O=C(C[NH+]1CCOCC1)N1CCN(c2ccc(O)cc2)CC1. The molecule has 1 amide bonds. The molecule has 1 aromatic rings. The zero-order chi connectivity index (χ0) is 15.4. The van der Waals surface area contributed by atoms with E-state index >= 15 is 0 Å². The molecule has 6 nitrogen and oxygen atoms in total. The van der Waals surface area contributed by atoms with Crippen LogP contribution in [-0.2, 0) is 9.53 Å². The third kappa shape index (κ3) is 3.69. The first-order valence-corrected chi connectivity index (χ1v) is 7.95. The van der Waals surface area contributed by atoms with Crippen LogP contribution in [0, 0.1) is 0 Å². The lowest BCUT2D eigenvalue weighted by atomic mass is 10.2. The number of phenols is 1. The van der Waals surface area contributed by atoms with Gasteiger partial charge in [-0.1, -0.05) is 0 Å². The summed E-state index contributed by atoms with van der Waals surface area (Å²) >= 11 is 0. The molecule has 0 aliphatic carbocycles. The molecule has 3 rings (SSSR count). The van der Waals surface area contributed by atoms with Crippen LogP contribution in [0.15, 0.2) is 24.3 Å². The third-order valence-corrected chi connectivity index (χ3v) is 4.45. The van der Waals surface area contributed by atoms with E-state index in [1.54, 1.807) is 12.1 Å². The summed E-state index contributed by atoms with van der Waals surface area (Å²) in [7, 11) is 0. The van der Waals surface area contributed by atoms with Gasteiger partial charge in [-0.2, -0.15) is 0 Å². The highest BCUT2D eigenvalue weighted by Crippen LogP contribution is 2.19. The van der Waals surface area contributed by atoms with E-state index < -0.39 is 0 Å². The van der Waals surface area contributed by atoms with Gasteiger partial charge in [0, 0.05) is 31.9 Å². The zero-order valence-electron chi connectivity index (χ0n) is 12.8. The van der Waals surface area contributed by atoms with Crippen LogP contribution in [0.1, 0.15) is 0 Å². The van der Waals surface area contributed by atoms with E-state index in [9.17, 15) is 9.90 Å². The molecule has 2 N–H and O–H groups in total. The van der Waals surface area contributed by atoms with Gasteiger partial charge in [0.15, 0.2) is 6.54 Å². The minimum atomic E-state index is 0.252. The predicted octanol–water partition coefficient (Wildman–Crippen LogP) is -1.04. The topological polar surface area (TPSA) is 57.5 Å². The van der Waals surface area contributed by atoms with Gasteiger partial charge in [-0.3, -0.25) is 4.79 Å². The lowest BCUT2D eigenvalue weighted by molar-refractivity contribution is -0.900. The lowest BCUT2D eigenvalue weighted by Gasteiger charge is -2.36. The zero-order valence-corrected chi connectivity index (χ0v) is 12.8. The number of ether oxygens (including phenoxy) is 1. The Labute approximate surface area is 130 Å². The molecule has 0 radical (unpaired) electrons. The summed E-state index contributed by atoms with van der Waals surface area (Å²) in [6, 6.07) is 7.25. The minimum Gasteiger partial charge on any atom is -0.508 e. The van der Waals surface area contributed by atoms with Gasteiger partial charge in [-0.05, 0) is 24.3 Å². The van der Waals surface area contributed by atoms with Crippen LogP contribution in [0.25, 0.3) is 0 Å². The van der Waals surface area contributed by atoms with Crippen molar-refractivity contribution in [3.63, 3.8) is 0 Å². The largest absolute Gasteiger partial charge is 0.508 e. The van der Waals surface area contributed by atoms with Crippen LogP contribution in [0.2, 0.25) is 0 Å². The van der Waals surface area contributed by atoms with E-state index in [1.165, 1.54) is 4.90 Å². The summed E-state index contributed by atoms with van der Waals surface area (Å²) in [5.74, 6) is 0.535. The molecular weight excluding hydrogens is 282 g/mol. The quantitative estimate of drug-likeness (QED) is 0.749. The molecule has 0 bridgehead atoms. The number of amides is 1.